The van der Waals surface area contributed by atoms with Crippen LogP contribution in [0.1, 0.15) is 38.2 Å². The predicted molar refractivity (Wildman–Crippen MR) is 83.9 cm³/mol. The first-order chi connectivity index (χ1) is 9.70. The van der Waals surface area contributed by atoms with Gasteiger partial charge in [0.15, 0.2) is 0 Å². The van der Waals surface area contributed by atoms with E-state index in [9.17, 15) is 0 Å². The van der Waals surface area contributed by atoms with Gasteiger partial charge < -0.3 is 15.4 Å². The molecule has 1 aromatic carbocycles. The van der Waals surface area contributed by atoms with Crippen molar-refractivity contribution in [1.29, 1.82) is 0 Å². The summed E-state index contributed by atoms with van der Waals surface area (Å²) in [7, 11) is 2.22. The highest BCUT2D eigenvalue weighted by Crippen LogP contribution is 2.26. The minimum Gasteiger partial charge on any atom is -0.492 e. The van der Waals surface area contributed by atoms with Gasteiger partial charge in [-0.1, -0.05) is 25.1 Å². The Morgan fingerprint density at radius 1 is 1.20 bits per heavy atom. The molecule has 112 valence electrons. The second-order valence-corrected chi connectivity index (χ2v) is 6.05. The molecule has 1 fully saturated rings. The van der Waals surface area contributed by atoms with Crippen LogP contribution in [0.5, 0.6) is 5.75 Å². The molecule has 1 aliphatic rings. The summed E-state index contributed by atoms with van der Waals surface area (Å²) in [5.74, 6) is 1.84. The zero-order valence-electron chi connectivity index (χ0n) is 12.8. The fourth-order valence-electron chi connectivity index (χ4n) is 2.98. The average molecular weight is 276 g/mol. The normalized spacial score (nSPS) is 23.0. The van der Waals surface area contributed by atoms with Gasteiger partial charge in [-0.05, 0) is 44.7 Å². The summed E-state index contributed by atoms with van der Waals surface area (Å²) in [6.07, 6.45) is 5.39. The van der Waals surface area contributed by atoms with Gasteiger partial charge in [-0.2, -0.15) is 0 Å². The summed E-state index contributed by atoms with van der Waals surface area (Å²) in [4.78, 5) is 2.46. The fraction of sp³-hybridized carbons (Fsp3) is 0.647. The van der Waals surface area contributed by atoms with E-state index in [4.69, 9.17) is 10.5 Å². The Hall–Kier alpha value is -1.06. The van der Waals surface area contributed by atoms with Crippen LogP contribution in [0.15, 0.2) is 24.3 Å². The number of benzene rings is 1. The van der Waals surface area contributed by atoms with E-state index in [2.05, 4.69) is 18.9 Å². The first-order valence-electron chi connectivity index (χ1n) is 7.81. The van der Waals surface area contributed by atoms with E-state index < -0.39 is 0 Å². The lowest BCUT2D eigenvalue weighted by Gasteiger charge is -2.33. The maximum atomic E-state index is 5.89. The molecule has 0 atom stereocenters. The monoisotopic (exact) mass is 276 g/mol. The molecule has 0 saturated heterocycles. The molecule has 1 saturated carbocycles. The Balaban J connectivity index is 1.75. The number of rotatable bonds is 6. The molecule has 0 spiro atoms. The largest absolute Gasteiger partial charge is 0.492 e. The molecule has 1 aromatic rings. The van der Waals surface area contributed by atoms with Crippen LogP contribution in [0.3, 0.4) is 0 Å². The third kappa shape index (κ3) is 4.22. The summed E-state index contributed by atoms with van der Waals surface area (Å²) in [6, 6.07) is 8.77. The van der Waals surface area contributed by atoms with Gasteiger partial charge in [0.1, 0.15) is 12.4 Å². The van der Waals surface area contributed by atoms with Crippen LogP contribution in [0.25, 0.3) is 0 Å². The second-order valence-electron chi connectivity index (χ2n) is 6.05. The lowest BCUT2D eigenvalue weighted by molar-refractivity contribution is 0.145. The van der Waals surface area contributed by atoms with Gasteiger partial charge in [-0.3, -0.25) is 0 Å². The van der Waals surface area contributed by atoms with Gasteiger partial charge in [0.05, 0.1) is 0 Å². The van der Waals surface area contributed by atoms with Crippen molar-refractivity contribution in [3.05, 3.63) is 29.8 Å². The van der Waals surface area contributed by atoms with E-state index in [1.54, 1.807) is 0 Å². The highest BCUT2D eigenvalue weighted by Gasteiger charge is 2.21. The van der Waals surface area contributed by atoms with Crippen LogP contribution in [0.4, 0.5) is 0 Å². The standard InChI is InChI=1S/C17H28N2O/c1-14-7-9-16(10-8-14)19(2)11-12-20-17-6-4-3-5-15(17)13-18/h3-6,14,16H,7-13,18H2,1-2H3. The van der Waals surface area contributed by atoms with Gasteiger partial charge in [0.25, 0.3) is 0 Å². The molecule has 2 rings (SSSR count). The van der Waals surface area contributed by atoms with Crippen molar-refractivity contribution in [2.75, 3.05) is 20.2 Å². The van der Waals surface area contributed by atoms with Crippen molar-refractivity contribution < 1.29 is 4.74 Å². The number of para-hydroxylation sites is 1. The number of hydrogen-bond acceptors (Lipinski definition) is 3. The topological polar surface area (TPSA) is 38.5 Å². The minimum absolute atomic E-state index is 0.534. The number of nitrogens with two attached hydrogens (primary N) is 1. The third-order valence-corrected chi connectivity index (χ3v) is 4.50. The van der Waals surface area contributed by atoms with Gasteiger partial charge in [-0.25, -0.2) is 0 Å². The summed E-state index contributed by atoms with van der Waals surface area (Å²) in [6.45, 7) is 4.62. The average Bonchev–Trinajstić information content (AvgIpc) is 2.48. The molecular formula is C17H28N2O. The Bertz CT molecular complexity index is 400. The molecule has 3 heteroatoms. The van der Waals surface area contributed by atoms with Crippen molar-refractivity contribution in [3.8, 4) is 5.75 Å². The van der Waals surface area contributed by atoms with E-state index in [0.717, 1.165) is 36.4 Å². The van der Waals surface area contributed by atoms with E-state index in [0.29, 0.717) is 6.54 Å². The molecule has 2 N–H and O–H groups in total. The van der Waals surface area contributed by atoms with Gasteiger partial charge in [-0.15, -0.1) is 0 Å². The van der Waals surface area contributed by atoms with E-state index in [1.807, 2.05) is 24.3 Å². The molecule has 0 heterocycles. The van der Waals surface area contributed by atoms with Crippen LogP contribution >= 0.6 is 0 Å². The van der Waals surface area contributed by atoms with Crippen molar-refractivity contribution in [2.24, 2.45) is 11.7 Å². The van der Waals surface area contributed by atoms with Gasteiger partial charge >= 0.3 is 0 Å². The fourth-order valence-corrected chi connectivity index (χ4v) is 2.98. The van der Waals surface area contributed by atoms with Crippen LogP contribution < -0.4 is 10.5 Å². The first-order valence-corrected chi connectivity index (χ1v) is 7.81. The SMILES string of the molecule is CC1CCC(N(C)CCOc2ccccc2CN)CC1. The zero-order valence-corrected chi connectivity index (χ0v) is 12.8. The van der Waals surface area contributed by atoms with Crippen molar-refractivity contribution in [2.45, 2.75) is 45.2 Å². The first kappa shape index (κ1) is 15.3. The maximum Gasteiger partial charge on any atom is 0.123 e. The number of nitrogens with zero attached hydrogens (tertiary/aromatic N) is 1. The van der Waals surface area contributed by atoms with Crippen LogP contribution in [-0.2, 0) is 6.54 Å². The quantitative estimate of drug-likeness (QED) is 0.868. The van der Waals surface area contributed by atoms with Gasteiger partial charge in [0, 0.05) is 24.7 Å². The van der Waals surface area contributed by atoms with Gasteiger partial charge in [0.2, 0.25) is 0 Å². The molecule has 1 aliphatic carbocycles. The van der Waals surface area contributed by atoms with E-state index in [1.165, 1.54) is 25.7 Å². The maximum absolute atomic E-state index is 5.89. The molecule has 0 amide bonds. The van der Waals surface area contributed by atoms with Crippen molar-refractivity contribution in [1.82, 2.24) is 4.90 Å². The molecule has 0 aromatic heterocycles. The Morgan fingerprint density at radius 2 is 1.90 bits per heavy atom. The summed E-state index contributed by atoms with van der Waals surface area (Å²) >= 11 is 0. The Kier molecular flexibility index (Phi) is 5.86. The smallest absolute Gasteiger partial charge is 0.123 e. The Morgan fingerprint density at radius 3 is 2.60 bits per heavy atom. The zero-order chi connectivity index (χ0) is 14.4. The summed E-state index contributed by atoms with van der Waals surface area (Å²) in [5, 5.41) is 0. The Labute approximate surface area is 123 Å². The molecule has 0 radical (unpaired) electrons. The second kappa shape index (κ2) is 7.65. The number of ether oxygens (including phenoxy) is 1. The van der Waals surface area contributed by atoms with Crippen molar-refractivity contribution in [3.63, 3.8) is 0 Å². The highest BCUT2D eigenvalue weighted by molar-refractivity contribution is 5.32. The lowest BCUT2D eigenvalue weighted by Crippen LogP contribution is -2.37. The number of hydrogen-bond donors (Lipinski definition) is 1. The van der Waals surface area contributed by atoms with E-state index in [-0.39, 0.29) is 0 Å². The number of likely N-dealkylation sites (N-methyl/N-ethyl adjacent to an activating group) is 1. The predicted octanol–water partition coefficient (Wildman–Crippen LogP) is 3.03. The minimum atomic E-state index is 0.534. The molecular weight excluding hydrogens is 248 g/mol. The van der Waals surface area contributed by atoms with Crippen LogP contribution in [0, 0.1) is 5.92 Å². The molecule has 0 bridgehead atoms. The third-order valence-electron chi connectivity index (χ3n) is 4.50. The highest BCUT2D eigenvalue weighted by atomic mass is 16.5. The molecule has 3 nitrogen and oxygen atoms in total. The van der Waals surface area contributed by atoms with Crippen molar-refractivity contribution >= 4 is 0 Å². The molecule has 0 aliphatic heterocycles. The van der Waals surface area contributed by atoms with E-state index >= 15 is 0 Å². The summed E-state index contributed by atoms with van der Waals surface area (Å²) in [5.41, 5.74) is 6.81. The lowest BCUT2D eigenvalue weighted by atomic mass is 9.87. The summed E-state index contributed by atoms with van der Waals surface area (Å²) < 4.78 is 5.89. The van der Waals surface area contributed by atoms with Crippen LogP contribution in [-0.4, -0.2) is 31.1 Å². The molecule has 20 heavy (non-hydrogen) atoms. The molecule has 0 unspecified atom stereocenters. The van der Waals surface area contributed by atoms with Crippen LogP contribution in [0.2, 0.25) is 0 Å².